The van der Waals surface area contributed by atoms with Crippen molar-refractivity contribution in [2.75, 3.05) is 24.5 Å². The molecule has 1 saturated heterocycles. The zero-order chi connectivity index (χ0) is 22.9. The van der Waals surface area contributed by atoms with Gasteiger partial charge in [0.25, 0.3) is 11.8 Å². The number of hydrogen-bond donors (Lipinski definition) is 2. The van der Waals surface area contributed by atoms with Crippen LogP contribution >= 0.6 is 22.9 Å². The topological polar surface area (TPSA) is 87.7 Å². The van der Waals surface area contributed by atoms with Crippen molar-refractivity contribution in [1.82, 2.24) is 9.88 Å². The number of aromatic nitrogens is 1. The van der Waals surface area contributed by atoms with Crippen molar-refractivity contribution in [2.45, 2.75) is 12.8 Å². The predicted molar refractivity (Wildman–Crippen MR) is 128 cm³/mol. The lowest BCUT2D eigenvalue weighted by atomic mass is 9.96. The number of imide groups is 1. The number of halogens is 1. The van der Waals surface area contributed by atoms with Crippen molar-refractivity contribution >= 4 is 52.0 Å². The van der Waals surface area contributed by atoms with Crippen LogP contribution < -0.4 is 9.89 Å². The first-order valence-corrected chi connectivity index (χ1v) is 11.9. The number of aliphatic hydroxyl groups excluding tert-OH is 1. The molecule has 2 amide bonds. The van der Waals surface area contributed by atoms with E-state index < -0.39 is 0 Å². The quantitative estimate of drug-likeness (QED) is 0.332. The van der Waals surface area contributed by atoms with E-state index in [0.717, 1.165) is 31.6 Å². The molecule has 1 fully saturated rings. The number of hydrogen-bond acceptors (Lipinski definition) is 5. The molecule has 2 aliphatic heterocycles. The van der Waals surface area contributed by atoms with E-state index >= 15 is 0 Å². The molecule has 1 aromatic carbocycles. The Morgan fingerprint density at radius 1 is 1.09 bits per heavy atom. The molecule has 9 heteroatoms. The summed E-state index contributed by atoms with van der Waals surface area (Å²) in [4.78, 5) is 37.5. The normalized spacial score (nSPS) is 17.1. The van der Waals surface area contributed by atoms with Crippen LogP contribution in [0.4, 0.5) is 11.4 Å². The Morgan fingerprint density at radius 2 is 1.85 bits per heavy atom. The number of aliphatic hydroxyl groups is 1. The van der Waals surface area contributed by atoms with Crippen molar-refractivity contribution in [3.8, 4) is 0 Å². The van der Waals surface area contributed by atoms with Gasteiger partial charge in [0.1, 0.15) is 10.4 Å². The van der Waals surface area contributed by atoms with E-state index in [0.29, 0.717) is 32.6 Å². The van der Waals surface area contributed by atoms with Crippen LogP contribution in [0.3, 0.4) is 0 Å². The Labute approximate surface area is 200 Å². The Kier molecular flexibility index (Phi) is 5.86. The second-order valence-corrected chi connectivity index (χ2v) is 9.88. The number of benzene rings is 1. The third kappa shape index (κ3) is 4.24. The van der Waals surface area contributed by atoms with Crippen molar-refractivity contribution in [3.63, 3.8) is 0 Å². The van der Waals surface area contributed by atoms with Gasteiger partial charge in [-0.1, -0.05) is 17.7 Å². The average molecular weight is 482 g/mol. The highest BCUT2D eigenvalue weighted by molar-refractivity contribution is 7.17. The van der Waals surface area contributed by atoms with E-state index in [1.54, 1.807) is 42.7 Å². The molecule has 0 unspecified atom stereocenters. The highest BCUT2D eigenvalue weighted by Crippen LogP contribution is 2.30. The third-order valence-electron chi connectivity index (χ3n) is 6.14. The highest BCUT2D eigenvalue weighted by atomic mass is 35.5. The first-order chi connectivity index (χ1) is 16.0. The van der Waals surface area contributed by atoms with Crippen molar-refractivity contribution in [2.24, 2.45) is 5.92 Å². The second kappa shape index (κ2) is 8.96. The number of rotatable bonds is 5. The minimum atomic E-state index is -0.327. The van der Waals surface area contributed by atoms with Gasteiger partial charge in [-0.2, -0.15) is 4.99 Å². The largest absolute Gasteiger partial charge is 0.459 e. The van der Waals surface area contributed by atoms with E-state index in [1.165, 1.54) is 16.2 Å². The number of fused-ring (bicyclic) bond motifs is 1. The summed E-state index contributed by atoms with van der Waals surface area (Å²) in [6.07, 6.45) is 5.37. The van der Waals surface area contributed by atoms with E-state index in [1.807, 2.05) is 12.1 Å². The summed E-state index contributed by atoms with van der Waals surface area (Å²) in [5.41, 5.74) is 2.20. The van der Waals surface area contributed by atoms with Crippen LogP contribution in [0.2, 0.25) is 4.34 Å². The van der Waals surface area contributed by atoms with Gasteiger partial charge in [-0.3, -0.25) is 19.5 Å². The lowest BCUT2D eigenvalue weighted by Crippen LogP contribution is -2.67. The summed E-state index contributed by atoms with van der Waals surface area (Å²) in [7, 11) is 0. The molecule has 33 heavy (non-hydrogen) atoms. The van der Waals surface area contributed by atoms with E-state index in [-0.39, 0.29) is 23.6 Å². The van der Waals surface area contributed by atoms with Crippen LogP contribution in [-0.4, -0.2) is 52.3 Å². The standard InChI is InChI=1S/C24H21ClN4O3S/c25-20-5-4-19(33-20)22(30)27-18-3-1-2-17-21(18)24(32)29(23(17)31)14-15-8-12-28(13-9-15)16-6-10-26-11-7-16/h1-7,10-11,15H,8-9,12-14H2,(H,27,30)/p+1. The van der Waals surface area contributed by atoms with Crippen LogP contribution in [0.5, 0.6) is 0 Å². The summed E-state index contributed by atoms with van der Waals surface area (Å²) in [5.74, 6) is -0.474. The number of amides is 2. The number of piperidine rings is 1. The number of anilines is 1. The lowest BCUT2D eigenvalue weighted by molar-refractivity contribution is -0.364. The molecule has 0 bridgehead atoms. The molecular formula is C24H22ClN4O3S+. The Bertz CT molecular complexity index is 1240. The number of nitrogens with one attached hydrogen (secondary N) is 1. The molecule has 5 rings (SSSR count). The van der Waals surface area contributed by atoms with Crippen LogP contribution in [-0.2, 0) is 0 Å². The molecule has 4 heterocycles. The minimum absolute atomic E-state index is 0.109. The molecular weight excluding hydrogens is 460 g/mol. The zero-order valence-corrected chi connectivity index (χ0v) is 19.3. The SMILES string of the molecule is O=C1c2cccc([NH+]=C(O)c3ccc(Cl)s3)c2C(=O)N1CC1CCN(c2ccncc2)CC1. The van der Waals surface area contributed by atoms with Crippen molar-refractivity contribution in [1.29, 1.82) is 0 Å². The maximum atomic E-state index is 13.2. The average Bonchev–Trinajstić information content (AvgIpc) is 3.38. The second-order valence-electron chi connectivity index (χ2n) is 8.16. The molecule has 2 aliphatic rings. The summed E-state index contributed by atoms with van der Waals surface area (Å²) in [6, 6.07) is 12.4. The molecule has 0 atom stereocenters. The monoisotopic (exact) mass is 481 g/mol. The molecule has 168 valence electrons. The molecule has 0 saturated carbocycles. The molecule has 0 spiro atoms. The number of carbonyl (C=O) groups is 2. The molecule has 2 N–H and O–H groups in total. The molecule has 2 aromatic heterocycles. The van der Waals surface area contributed by atoms with Crippen LogP contribution in [0, 0.1) is 5.92 Å². The Morgan fingerprint density at radius 3 is 2.55 bits per heavy atom. The third-order valence-corrected chi connectivity index (χ3v) is 7.38. The molecule has 3 aromatic rings. The molecule has 0 radical (unpaired) electrons. The van der Waals surface area contributed by atoms with Gasteiger partial charge in [0.15, 0.2) is 0 Å². The van der Waals surface area contributed by atoms with Gasteiger partial charge in [-0.15, -0.1) is 11.3 Å². The number of thiophene rings is 1. The van der Waals surface area contributed by atoms with E-state index in [9.17, 15) is 14.7 Å². The van der Waals surface area contributed by atoms with Gasteiger partial charge < -0.3 is 10.0 Å². The minimum Gasteiger partial charge on any atom is -0.459 e. The summed E-state index contributed by atoms with van der Waals surface area (Å²) < 4.78 is 0.545. The first-order valence-electron chi connectivity index (χ1n) is 10.7. The summed E-state index contributed by atoms with van der Waals surface area (Å²) in [6.45, 7) is 2.14. The van der Waals surface area contributed by atoms with Gasteiger partial charge in [-0.25, -0.2) is 0 Å². The fourth-order valence-corrected chi connectivity index (χ4v) is 5.36. The van der Waals surface area contributed by atoms with Crippen molar-refractivity contribution < 1.29 is 19.7 Å². The smallest absolute Gasteiger partial charge is 0.382 e. The fraction of sp³-hybridized carbons (Fsp3) is 0.250. The molecule has 0 aliphatic carbocycles. The van der Waals surface area contributed by atoms with E-state index in [4.69, 9.17) is 11.6 Å². The number of carbonyl (C=O) groups excluding carboxylic acids is 2. The zero-order valence-electron chi connectivity index (χ0n) is 17.7. The maximum absolute atomic E-state index is 13.2. The Balaban J connectivity index is 1.31. The van der Waals surface area contributed by atoms with Gasteiger partial charge in [0.05, 0.1) is 9.90 Å². The Hall–Kier alpha value is -3.23. The maximum Gasteiger partial charge on any atom is 0.382 e. The van der Waals surface area contributed by atoms with E-state index in [2.05, 4.69) is 14.9 Å². The summed E-state index contributed by atoms with van der Waals surface area (Å²) >= 11 is 7.17. The van der Waals surface area contributed by atoms with Crippen LogP contribution in [0.25, 0.3) is 0 Å². The van der Waals surface area contributed by atoms with Crippen LogP contribution in [0.15, 0.2) is 54.9 Å². The lowest BCUT2D eigenvalue weighted by Gasteiger charge is -2.34. The highest BCUT2D eigenvalue weighted by Gasteiger charge is 2.40. The fourth-order valence-electron chi connectivity index (χ4n) is 4.42. The van der Waals surface area contributed by atoms with Gasteiger partial charge in [0.2, 0.25) is 5.69 Å². The molecule has 7 nitrogen and oxygen atoms in total. The van der Waals surface area contributed by atoms with Gasteiger partial charge in [-0.05, 0) is 49.1 Å². The first kappa shape index (κ1) is 21.6. The number of nitrogens with zero attached hydrogens (tertiary/aromatic N) is 3. The van der Waals surface area contributed by atoms with Crippen LogP contribution in [0.1, 0.15) is 38.4 Å². The summed E-state index contributed by atoms with van der Waals surface area (Å²) in [5, 5.41) is 10.5. The predicted octanol–water partition coefficient (Wildman–Crippen LogP) is 3.03. The van der Waals surface area contributed by atoms with Gasteiger partial charge >= 0.3 is 5.90 Å². The van der Waals surface area contributed by atoms with Gasteiger partial charge in [0, 0.05) is 43.8 Å². The van der Waals surface area contributed by atoms with Crippen molar-refractivity contribution in [3.05, 3.63) is 75.2 Å². The number of pyridine rings is 1.